The summed E-state index contributed by atoms with van der Waals surface area (Å²) >= 11 is 0. The first-order valence-electron chi connectivity index (χ1n) is 3.13. The van der Waals surface area contributed by atoms with Crippen LogP contribution in [0.25, 0.3) is 0 Å². The van der Waals surface area contributed by atoms with Gasteiger partial charge in [0.25, 0.3) is 0 Å². The monoisotopic (exact) mass is 161 g/mol. The second kappa shape index (κ2) is 4.95. The summed E-state index contributed by atoms with van der Waals surface area (Å²) in [5, 5.41) is 32.4. The van der Waals surface area contributed by atoms with Crippen LogP contribution in [0.15, 0.2) is 0 Å². The fourth-order valence-corrected chi connectivity index (χ4v) is 0.540. The lowest BCUT2D eigenvalue weighted by atomic mass is 10.1. The van der Waals surface area contributed by atoms with E-state index in [4.69, 9.17) is 20.7 Å². The Labute approximate surface area is 63.8 Å². The molecule has 0 aliphatic rings. The Hall–Kier alpha value is -0.780. The second-order valence-electron chi connectivity index (χ2n) is 2.06. The highest BCUT2D eigenvalue weighted by atomic mass is 16.3. The first-order chi connectivity index (χ1) is 5.13. The van der Waals surface area contributed by atoms with Gasteiger partial charge in [-0.3, -0.25) is 4.79 Å². The number of rotatable bonds is 5. The van der Waals surface area contributed by atoms with Gasteiger partial charge in [0.15, 0.2) is 5.78 Å². The van der Waals surface area contributed by atoms with Gasteiger partial charge in [-0.15, -0.1) is 0 Å². The molecular formula is C6H11NO4. The smallest absolute Gasteiger partial charge is 0.192 e. The molecule has 0 aromatic rings. The zero-order valence-corrected chi connectivity index (χ0v) is 5.90. The van der Waals surface area contributed by atoms with Crippen molar-refractivity contribution in [3.63, 3.8) is 0 Å². The Morgan fingerprint density at radius 1 is 1.45 bits per heavy atom. The Morgan fingerprint density at radius 3 is 2.36 bits per heavy atom. The third-order valence-electron chi connectivity index (χ3n) is 1.17. The summed E-state index contributed by atoms with van der Waals surface area (Å²) in [7, 11) is 0. The number of Topliss-reactive ketones (excluding diaryl/α,β-unsaturated/α-hetero) is 1. The van der Waals surface area contributed by atoms with Crippen LogP contribution in [0.2, 0.25) is 0 Å². The molecule has 0 saturated heterocycles. The summed E-state index contributed by atoms with van der Waals surface area (Å²) < 4.78 is 0. The fourth-order valence-electron chi connectivity index (χ4n) is 0.540. The number of hydrogen-bond donors (Lipinski definition) is 4. The van der Waals surface area contributed by atoms with E-state index in [0.29, 0.717) is 0 Å². The van der Waals surface area contributed by atoms with Gasteiger partial charge in [-0.1, -0.05) is 0 Å². The minimum Gasteiger partial charge on any atom is -0.393 e. The van der Waals surface area contributed by atoms with Crippen molar-refractivity contribution >= 4 is 12.0 Å². The highest BCUT2D eigenvalue weighted by molar-refractivity contribution is 5.88. The van der Waals surface area contributed by atoms with E-state index in [0.717, 1.165) is 6.21 Å². The standard InChI is InChI=1S/C6H11NO4/c7-2-1-4(9)6(11)5(10)3-8/h2,4-5,7-10H,1,3H2. The first-order valence-corrected chi connectivity index (χ1v) is 3.13. The van der Waals surface area contributed by atoms with E-state index in [1.54, 1.807) is 0 Å². The maximum absolute atomic E-state index is 10.7. The molecule has 0 spiro atoms. The van der Waals surface area contributed by atoms with Crippen molar-refractivity contribution in [1.82, 2.24) is 0 Å². The predicted octanol–water partition coefficient (Wildman–Crippen LogP) is -1.69. The topological polar surface area (TPSA) is 102 Å². The van der Waals surface area contributed by atoms with E-state index < -0.39 is 24.6 Å². The van der Waals surface area contributed by atoms with Crippen LogP contribution in [-0.4, -0.2) is 46.1 Å². The molecule has 0 radical (unpaired) electrons. The number of aliphatic hydroxyl groups is 3. The highest BCUT2D eigenvalue weighted by Gasteiger charge is 2.21. The maximum atomic E-state index is 10.7. The molecule has 5 nitrogen and oxygen atoms in total. The van der Waals surface area contributed by atoms with Gasteiger partial charge in [-0.25, -0.2) is 0 Å². The maximum Gasteiger partial charge on any atom is 0.192 e. The largest absolute Gasteiger partial charge is 0.393 e. The Balaban J connectivity index is 3.90. The molecule has 0 aromatic heterocycles. The number of carbonyl (C=O) groups is 1. The molecule has 64 valence electrons. The van der Waals surface area contributed by atoms with Crippen molar-refractivity contribution in [3.05, 3.63) is 0 Å². The Bertz CT molecular complexity index is 148. The molecular weight excluding hydrogens is 150 g/mol. The summed E-state index contributed by atoms with van der Waals surface area (Å²) in [6.45, 7) is -0.701. The van der Waals surface area contributed by atoms with Crippen molar-refractivity contribution in [3.8, 4) is 0 Å². The van der Waals surface area contributed by atoms with Gasteiger partial charge < -0.3 is 20.7 Å². The zero-order valence-electron chi connectivity index (χ0n) is 5.90. The van der Waals surface area contributed by atoms with E-state index >= 15 is 0 Å². The summed E-state index contributed by atoms with van der Waals surface area (Å²) in [5.41, 5.74) is 0. The molecule has 0 heterocycles. The van der Waals surface area contributed by atoms with Crippen molar-refractivity contribution in [2.75, 3.05) is 6.61 Å². The summed E-state index contributed by atoms with van der Waals surface area (Å²) in [4.78, 5) is 10.7. The molecule has 0 aliphatic carbocycles. The number of hydrogen-bond acceptors (Lipinski definition) is 5. The molecule has 0 bridgehead atoms. The van der Waals surface area contributed by atoms with Crippen LogP contribution in [0, 0.1) is 5.41 Å². The summed E-state index contributed by atoms with van der Waals surface area (Å²) in [5.74, 6) is -0.851. The molecule has 2 atom stereocenters. The van der Waals surface area contributed by atoms with Crippen molar-refractivity contribution in [2.24, 2.45) is 0 Å². The third kappa shape index (κ3) is 3.22. The Kier molecular flexibility index (Phi) is 4.60. The third-order valence-corrected chi connectivity index (χ3v) is 1.17. The molecule has 0 amide bonds. The quantitative estimate of drug-likeness (QED) is 0.361. The average molecular weight is 161 g/mol. The van der Waals surface area contributed by atoms with Gasteiger partial charge in [0, 0.05) is 6.42 Å². The van der Waals surface area contributed by atoms with E-state index in [9.17, 15) is 4.79 Å². The highest BCUT2D eigenvalue weighted by Crippen LogP contribution is 1.95. The molecule has 0 aliphatic heterocycles. The van der Waals surface area contributed by atoms with Crippen LogP contribution in [0.1, 0.15) is 6.42 Å². The Morgan fingerprint density at radius 2 is 2.00 bits per heavy atom. The molecule has 0 rings (SSSR count). The van der Waals surface area contributed by atoms with Crippen LogP contribution in [0.5, 0.6) is 0 Å². The number of aliphatic hydroxyl groups excluding tert-OH is 3. The first kappa shape index (κ1) is 10.2. The lowest BCUT2D eigenvalue weighted by Gasteiger charge is -2.09. The minimum atomic E-state index is -1.54. The van der Waals surface area contributed by atoms with Crippen LogP contribution in [-0.2, 0) is 4.79 Å². The summed E-state index contributed by atoms with van der Waals surface area (Å²) in [6.07, 6.45) is -2.18. The molecule has 2 unspecified atom stereocenters. The zero-order chi connectivity index (χ0) is 8.85. The van der Waals surface area contributed by atoms with Crippen molar-refractivity contribution in [2.45, 2.75) is 18.6 Å². The van der Waals surface area contributed by atoms with Crippen LogP contribution < -0.4 is 0 Å². The van der Waals surface area contributed by atoms with Crippen LogP contribution >= 0.6 is 0 Å². The lowest BCUT2D eigenvalue weighted by Crippen LogP contribution is -2.34. The number of nitrogens with one attached hydrogen (secondary N) is 1. The molecule has 5 heteroatoms. The van der Waals surface area contributed by atoms with Gasteiger partial charge in [-0.2, -0.15) is 0 Å². The van der Waals surface area contributed by atoms with Gasteiger partial charge in [0.05, 0.1) is 6.61 Å². The molecule has 0 aromatic carbocycles. The van der Waals surface area contributed by atoms with E-state index in [1.165, 1.54) is 0 Å². The fraction of sp³-hybridized carbons (Fsp3) is 0.667. The van der Waals surface area contributed by atoms with E-state index in [1.807, 2.05) is 0 Å². The number of ketones is 1. The summed E-state index contributed by atoms with van der Waals surface area (Å²) in [6, 6.07) is 0. The number of carbonyl (C=O) groups excluding carboxylic acids is 1. The van der Waals surface area contributed by atoms with Crippen LogP contribution in [0.3, 0.4) is 0 Å². The molecule has 4 N–H and O–H groups in total. The average Bonchev–Trinajstić information content (AvgIpc) is 2.02. The van der Waals surface area contributed by atoms with Crippen molar-refractivity contribution < 1.29 is 20.1 Å². The minimum absolute atomic E-state index is 0.129. The second-order valence-corrected chi connectivity index (χ2v) is 2.06. The molecule has 0 saturated carbocycles. The van der Waals surface area contributed by atoms with Gasteiger partial charge in [0.1, 0.15) is 12.2 Å². The van der Waals surface area contributed by atoms with Crippen LogP contribution in [0.4, 0.5) is 0 Å². The lowest BCUT2D eigenvalue weighted by molar-refractivity contribution is -0.137. The van der Waals surface area contributed by atoms with Gasteiger partial charge in [-0.05, 0) is 6.21 Å². The predicted molar refractivity (Wildman–Crippen MR) is 37.5 cm³/mol. The van der Waals surface area contributed by atoms with Gasteiger partial charge in [0.2, 0.25) is 0 Å². The van der Waals surface area contributed by atoms with E-state index in [2.05, 4.69) is 0 Å². The van der Waals surface area contributed by atoms with Crippen molar-refractivity contribution in [1.29, 1.82) is 5.41 Å². The SMILES string of the molecule is N=CCC(O)C(=O)C(O)CO. The normalized spacial score (nSPS) is 15.5. The molecule has 0 fully saturated rings. The molecule has 11 heavy (non-hydrogen) atoms. The van der Waals surface area contributed by atoms with E-state index in [-0.39, 0.29) is 6.42 Å². The van der Waals surface area contributed by atoms with Gasteiger partial charge >= 0.3 is 0 Å².